The molecule has 0 saturated carbocycles. The molecule has 2 aliphatic heterocycles. The van der Waals surface area contributed by atoms with Crippen LogP contribution < -0.4 is 0 Å². The predicted molar refractivity (Wildman–Crippen MR) is 69.8 cm³/mol. The van der Waals surface area contributed by atoms with Gasteiger partial charge in [0.1, 0.15) is 0 Å². The molecule has 94 valence electrons. The summed E-state index contributed by atoms with van der Waals surface area (Å²) in [4.78, 5) is 5.51. The first-order valence-corrected chi connectivity index (χ1v) is 7.33. The van der Waals surface area contributed by atoms with E-state index >= 15 is 0 Å². The molecule has 16 heavy (non-hydrogen) atoms. The summed E-state index contributed by atoms with van der Waals surface area (Å²) in [5.41, 5.74) is 0. The normalized spacial score (nSPS) is 30.0. The van der Waals surface area contributed by atoms with Crippen molar-refractivity contribution in [2.75, 3.05) is 26.2 Å². The Morgan fingerprint density at radius 2 is 2.00 bits per heavy atom. The molecule has 0 aromatic rings. The molecular weight excluding hydrogens is 196 g/mol. The highest BCUT2D eigenvalue weighted by atomic mass is 15.3. The van der Waals surface area contributed by atoms with E-state index in [1.54, 1.807) is 0 Å². The Bertz CT molecular complexity index is 205. The molecule has 2 saturated heterocycles. The Morgan fingerprint density at radius 3 is 2.75 bits per heavy atom. The number of piperazine rings is 1. The van der Waals surface area contributed by atoms with Crippen molar-refractivity contribution >= 4 is 0 Å². The van der Waals surface area contributed by atoms with E-state index < -0.39 is 0 Å². The zero-order valence-electron chi connectivity index (χ0n) is 11.1. The molecule has 2 heteroatoms. The summed E-state index contributed by atoms with van der Waals surface area (Å²) in [6.07, 6.45) is 8.40. The molecule has 2 heterocycles. The van der Waals surface area contributed by atoms with E-state index in [0.717, 1.165) is 12.1 Å². The first kappa shape index (κ1) is 12.4. The highest BCUT2D eigenvalue weighted by molar-refractivity contribution is 4.87. The highest BCUT2D eigenvalue weighted by Crippen LogP contribution is 2.23. The van der Waals surface area contributed by atoms with Gasteiger partial charge in [0.25, 0.3) is 0 Å². The average molecular weight is 224 g/mol. The Labute approximate surface area is 101 Å². The molecule has 2 rings (SSSR count). The van der Waals surface area contributed by atoms with Crippen molar-refractivity contribution in [3.05, 3.63) is 0 Å². The molecule has 0 aliphatic carbocycles. The third-order valence-corrected chi connectivity index (χ3v) is 4.48. The fourth-order valence-electron chi connectivity index (χ4n) is 3.49. The van der Waals surface area contributed by atoms with Gasteiger partial charge in [-0.15, -0.1) is 0 Å². The summed E-state index contributed by atoms with van der Waals surface area (Å²) in [7, 11) is 0. The van der Waals surface area contributed by atoms with Crippen LogP contribution in [0.4, 0.5) is 0 Å². The van der Waals surface area contributed by atoms with E-state index in [0.29, 0.717) is 0 Å². The molecule has 0 N–H and O–H groups in total. The highest BCUT2D eigenvalue weighted by Gasteiger charge is 2.30. The van der Waals surface area contributed by atoms with Crippen LogP contribution in [0.5, 0.6) is 0 Å². The van der Waals surface area contributed by atoms with Crippen LogP contribution in [0.3, 0.4) is 0 Å². The second-order valence-electron chi connectivity index (χ2n) is 5.53. The molecule has 0 aromatic heterocycles. The number of hydrogen-bond donors (Lipinski definition) is 0. The predicted octanol–water partition coefficient (Wildman–Crippen LogP) is 2.74. The smallest absolute Gasteiger partial charge is 0.0223 e. The van der Waals surface area contributed by atoms with E-state index in [1.165, 1.54) is 64.7 Å². The second-order valence-corrected chi connectivity index (χ2v) is 5.53. The minimum Gasteiger partial charge on any atom is -0.298 e. The third kappa shape index (κ3) is 2.78. The summed E-state index contributed by atoms with van der Waals surface area (Å²) in [6, 6.07) is 1.74. The standard InChI is InChI=1S/C14H28N2/c1-3-7-13(4-2)16-11-10-15-9-6-5-8-14(15)12-16/h13-14H,3-12H2,1-2H3. The number of fused-ring (bicyclic) bond motifs is 1. The van der Waals surface area contributed by atoms with Gasteiger partial charge in [-0.3, -0.25) is 9.80 Å². The van der Waals surface area contributed by atoms with Gasteiger partial charge in [0.15, 0.2) is 0 Å². The largest absolute Gasteiger partial charge is 0.298 e. The summed E-state index contributed by atoms with van der Waals surface area (Å²) >= 11 is 0. The Morgan fingerprint density at radius 1 is 1.12 bits per heavy atom. The maximum atomic E-state index is 2.77. The number of rotatable bonds is 4. The summed E-state index contributed by atoms with van der Waals surface area (Å²) in [6.45, 7) is 10.0. The van der Waals surface area contributed by atoms with Gasteiger partial charge in [-0.1, -0.05) is 26.7 Å². The topological polar surface area (TPSA) is 6.48 Å². The van der Waals surface area contributed by atoms with Gasteiger partial charge >= 0.3 is 0 Å². The number of piperidine rings is 1. The van der Waals surface area contributed by atoms with Crippen molar-refractivity contribution in [2.24, 2.45) is 0 Å². The molecular formula is C14H28N2. The van der Waals surface area contributed by atoms with Crippen molar-refractivity contribution in [2.45, 2.75) is 64.5 Å². The van der Waals surface area contributed by atoms with Crippen molar-refractivity contribution in [3.63, 3.8) is 0 Å². The van der Waals surface area contributed by atoms with Crippen molar-refractivity contribution in [1.29, 1.82) is 0 Å². The monoisotopic (exact) mass is 224 g/mol. The van der Waals surface area contributed by atoms with Crippen LogP contribution in [0.25, 0.3) is 0 Å². The Hall–Kier alpha value is -0.0800. The molecule has 2 atom stereocenters. The van der Waals surface area contributed by atoms with E-state index in [4.69, 9.17) is 0 Å². The van der Waals surface area contributed by atoms with Gasteiger partial charge in [0, 0.05) is 31.7 Å². The molecule has 0 bridgehead atoms. The second kappa shape index (κ2) is 6.02. The molecule has 2 unspecified atom stereocenters. The van der Waals surface area contributed by atoms with Crippen molar-refractivity contribution in [1.82, 2.24) is 9.80 Å². The fourth-order valence-corrected chi connectivity index (χ4v) is 3.49. The lowest BCUT2D eigenvalue weighted by Gasteiger charge is -2.46. The van der Waals surface area contributed by atoms with E-state index in [-0.39, 0.29) is 0 Å². The average Bonchev–Trinajstić information content (AvgIpc) is 2.35. The van der Waals surface area contributed by atoms with Gasteiger partial charge in [-0.25, -0.2) is 0 Å². The minimum absolute atomic E-state index is 0.856. The van der Waals surface area contributed by atoms with Crippen LogP contribution in [0.1, 0.15) is 52.4 Å². The lowest BCUT2D eigenvalue weighted by atomic mass is 9.97. The van der Waals surface area contributed by atoms with Gasteiger partial charge in [0.2, 0.25) is 0 Å². The fraction of sp³-hybridized carbons (Fsp3) is 1.00. The van der Waals surface area contributed by atoms with Crippen LogP contribution in [0.2, 0.25) is 0 Å². The van der Waals surface area contributed by atoms with Gasteiger partial charge < -0.3 is 0 Å². The number of nitrogens with zero attached hydrogens (tertiary/aromatic N) is 2. The minimum atomic E-state index is 0.856. The first-order chi connectivity index (χ1) is 7.85. The zero-order chi connectivity index (χ0) is 11.4. The van der Waals surface area contributed by atoms with Crippen LogP contribution in [-0.2, 0) is 0 Å². The number of hydrogen-bond acceptors (Lipinski definition) is 2. The molecule has 0 aromatic carbocycles. The van der Waals surface area contributed by atoms with Crippen LogP contribution in [0.15, 0.2) is 0 Å². The van der Waals surface area contributed by atoms with Crippen molar-refractivity contribution in [3.8, 4) is 0 Å². The molecule has 2 fully saturated rings. The maximum Gasteiger partial charge on any atom is 0.0223 e. The molecule has 2 nitrogen and oxygen atoms in total. The van der Waals surface area contributed by atoms with Gasteiger partial charge in [-0.05, 0) is 32.2 Å². The van der Waals surface area contributed by atoms with Crippen LogP contribution >= 0.6 is 0 Å². The lowest BCUT2D eigenvalue weighted by molar-refractivity contribution is 0.0242. The SMILES string of the molecule is CCCC(CC)N1CCN2CCCCC2C1. The van der Waals surface area contributed by atoms with E-state index in [1.807, 2.05) is 0 Å². The quantitative estimate of drug-likeness (QED) is 0.724. The summed E-state index contributed by atoms with van der Waals surface area (Å²) in [5.74, 6) is 0. The Kier molecular flexibility index (Phi) is 4.66. The lowest BCUT2D eigenvalue weighted by Crippen LogP contribution is -2.57. The third-order valence-electron chi connectivity index (χ3n) is 4.48. The molecule has 0 radical (unpaired) electrons. The van der Waals surface area contributed by atoms with E-state index in [9.17, 15) is 0 Å². The zero-order valence-corrected chi connectivity index (χ0v) is 11.1. The molecule has 0 spiro atoms. The van der Waals surface area contributed by atoms with Crippen molar-refractivity contribution < 1.29 is 0 Å². The Balaban J connectivity index is 1.88. The first-order valence-electron chi connectivity index (χ1n) is 7.33. The maximum absolute atomic E-state index is 2.77. The molecule has 0 amide bonds. The summed E-state index contributed by atoms with van der Waals surface area (Å²) < 4.78 is 0. The summed E-state index contributed by atoms with van der Waals surface area (Å²) in [5, 5.41) is 0. The van der Waals surface area contributed by atoms with Gasteiger partial charge in [0.05, 0.1) is 0 Å². The van der Waals surface area contributed by atoms with E-state index in [2.05, 4.69) is 23.6 Å². The van der Waals surface area contributed by atoms with Gasteiger partial charge in [-0.2, -0.15) is 0 Å². The molecule has 2 aliphatic rings. The van der Waals surface area contributed by atoms with Crippen LogP contribution in [-0.4, -0.2) is 48.1 Å². The van der Waals surface area contributed by atoms with Crippen LogP contribution in [0, 0.1) is 0 Å².